The zero-order chi connectivity index (χ0) is 20.3. The topological polar surface area (TPSA) is 59.0 Å². The van der Waals surface area contributed by atoms with E-state index in [1.165, 1.54) is 0 Å². The molecule has 3 rings (SSSR count). The normalized spacial score (nSPS) is 16.6. The fourth-order valence-electron chi connectivity index (χ4n) is 3.72. The Labute approximate surface area is 174 Å². The number of benzene rings is 2. The van der Waals surface area contributed by atoms with Gasteiger partial charge in [0.15, 0.2) is 11.5 Å². The third kappa shape index (κ3) is 4.37. The summed E-state index contributed by atoms with van der Waals surface area (Å²) < 4.78 is 10.8. The lowest BCUT2D eigenvalue weighted by molar-refractivity contribution is -0.143. The van der Waals surface area contributed by atoms with E-state index in [9.17, 15) is 9.90 Å². The number of likely N-dealkylation sites (tertiary alicyclic amines) is 1. The van der Waals surface area contributed by atoms with Crippen molar-refractivity contribution in [3.05, 3.63) is 57.6 Å². The van der Waals surface area contributed by atoms with Gasteiger partial charge in [0.2, 0.25) is 0 Å². The number of piperidine rings is 1. The summed E-state index contributed by atoms with van der Waals surface area (Å²) in [6.07, 6.45) is 1.22. The molecule has 0 bridgehead atoms. The minimum absolute atomic E-state index is 0.0932. The van der Waals surface area contributed by atoms with E-state index >= 15 is 0 Å². The third-order valence-corrected chi connectivity index (χ3v) is 5.97. The van der Waals surface area contributed by atoms with Gasteiger partial charge in [0.1, 0.15) is 0 Å². The van der Waals surface area contributed by atoms with Crippen LogP contribution in [0, 0.1) is 5.92 Å². The third-order valence-electron chi connectivity index (χ3n) is 5.23. The van der Waals surface area contributed by atoms with Crippen molar-refractivity contribution in [2.45, 2.75) is 18.9 Å². The molecule has 0 saturated carbocycles. The highest BCUT2D eigenvalue weighted by atomic mass is 35.5. The van der Waals surface area contributed by atoms with Gasteiger partial charge in [-0.2, -0.15) is 0 Å². The number of hydrogen-bond acceptors (Lipinski definition) is 4. The second-order valence-corrected chi connectivity index (χ2v) is 7.65. The van der Waals surface area contributed by atoms with Crippen LogP contribution in [-0.4, -0.2) is 43.3 Å². The lowest BCUT2D eigenvalue weighted by Gasteiger charge is -2.37. The highest BCUT2D eigenvalue weighted by Gasteiger charge is 2.31. The zero-order valence-corrected chi connectivity index (χ0v) is 17.3. The summed E-state index contributed by atoms with van der Waals surface area (Å²) in [5.41, 5.74) is 2.01. The van der Waals surface area contributed by atoms with Crippen molar-refractivity contribution < 1.29 is 19.4 Å². The molecule has 28 heavy (non-hydrogen) atoms. The van der Waals surface area contributed by atoms with Crippen LogP contribution in [0.5, 0.6) is 11.5 Å². The van der Waals surface area contributed by atoms with Gasteiger partial charge in [-0.1, -0.05) is 35.3 Å². The number of nitrogens with zero attached hydrogens (tertiary/aromatic N) is 1. The van der Waals surface area contributed by atoms with E-state index < -0.39 is 5.97 Å². The first-order valence-electron chi connectivity index (χ1n) is 9.08. The first-order chi connectivity index (χ1) is 13.4. The van der Waals surface area contributed by atoms with E-state index in [1.807, 2.05) is 30.3 Å². The Kier molecular flexibility index (Phi) is 6.70. The summed E-state index contributed by atoms with van der Waals surface area (Å²) in [6, 6.07) is 11.4. The van der Waals surface area contributed by atoms with Crippen molar-refractivity contribution in [2.75, 3.05) is 27.3 Å². The number of carbonyl (C=O) groups is 1. The van der Waals surface area contributed by atoms with Gasteiger partial charge in [0.05, 0.1) is 36.2 Å². The lowest BCUT2D eigenvalue weighted by atomic mass is 9.91. The molecule has 0 amide bonds. The standard InChI is InChI=1S/C21H23Cl2NO4/c1-27-18-6-4-15(12-19(18)28-2)20(14-3-5-16(22)17(23)11-14)24-9-7-13(8-10-24)21(25)26/h3-6,11-13,20H,7-10H2,1-2H3,(H,25,26). The van der Waals surface area contributed by atoms with Crippen LogP contribution in [0.2, 0.25) is 10.0 Å². The summed E-state index contributed by atoms with van der Waals surface area (Å²) in [4.78, 5) is 13.6. The zero-order valence-electron chi connectivity index (χ0n) is 15.8. The van der Waals surface area contributed by atoms with Gasteiger partial charge in [0.25, 0.3) is 0 Å². The molecule has 1 atom stereocenters. The predicted octanol–water partition coefficient (Wildman–Crippen LogP) is 4.90. The number of aliphatic carboxylic acids is 1. The van der Waals surface area contributed by atoms with Crippen LogP contribution in [0.1, 0.15) is 30.0 Å². The Morgan fingerprint density at radius 2 is 1.61 bits per heavy atom. The van der Waals surface area contributed by atoms with E-state index in [0.29, 0.717) is 47.5 Å². The van der Waals surface area contributed by atoms with Crippen LogP contribution in [-0.2, 0) is 4.79 Å². The molecule has 1 aliphatic heterocycles. The number of rotatable bonds is 6. The number of hydrogen-bond donors (Lipinski definition) is 1. The molecule has 1 saturated heterocycles. The number of methoxy groups -OCH3 is 2. The van der Waals surface area contributed by atoms with Gasteiger partial charge in [-0.05, 0) is 61.3 Å². The minimum atomic E-state index is -0.725. The molecular formula is C21H23Cl2NO4. The first-order valence-corrected chi connectivity index (χ1v) is 9.84. The van der Waals surface area contributed by atoms with Gasteiger partial charge >= 0.3 is 5.97 Å². The average Bonchev–Trinajstić information content (AvgIpc) is 2.71. The van der Waals surface area contributed by atoms with Gasteiger partial charge in [-0.25, -0.2) is 0 Å². The second kappa shape index (κ2) is 9.03. The number of carboxylic acids is 1. The summed E-state index contributed by atoms with van der Waals surface area (Å²) >= 11 is 12.4. The molecule has 1 N–H and O–H groups in total. The summed E-state index contributed by atoms with van der Waals surface area (Å²) in [6.45, 7) is 1.35. The maximum atomic E-state index is 11.3. The molecule has 1 unspecified atom stereocenters. The fourth-order valence-corrected chi connectivity index (χ4v) is 4.03. The molecule has 1 heterocycles. The number of carboxylic acid groups (broad SMARTS) is 1. The molecule has 0 spiro atoms. The Morgan fingerprint density at radius 1 is 1.00 bits per heavy atom. The van der Waals surface area contributed by atoms with Crippen LogP contribution in [0.3, 0.4) is 0 Å². The summed E-state index contributed by atoms with van der Waals surface area (Å²) in [5, 5.41) is 10.3. The van der Waals surface area contributed by atoms with E-state index in [-0.39, 0.29) is 12.0 Å². The molecular weight excluding hydrogens is 401 g/mol. The quantitative estimate of drug-likeness (QED) is 0.715. The maximum Gasteiger partial charge on any atom is 0.306 e. The monoisotopic (exact) mass is 423 g/mol. The Balaban J connectivity index is 2.00. The predicted molar refractivity (Wildman–Crippen MR) is 110 cm³/mol. The van der Waals surface area contributed by atoms with Crippen LogP contribution < -0.4 is 9.47 Å². The van der Waals surface area contributed by atoms with Gasteiger partial charge in [0, 0.05) is 0 Å². The van der Waals surface area contributed by atoms with Crippen LogP contribution in [0.4, 0.5) is 0 Å². The van der Waals surface area contributed by atoms with E-state index in [1.54, 1.807) is 20.3 Å². The Morgan fingerprint density at radius 3 is 2.18 bits per heavy atom. The highest BCUT2D eigenvalue weighted by Crippen LogP contribution is 2.38. The van der Waals surface area contributed by atoms with Crippen molar-refractivity contribution >= 4 is 29.2 Å². The van der Waals surface area contributed by atoms with Gasteiger partial charge in [-0.15, -0.1) is 0 Å². The molecule has 2 aromatic rings. The van der Waals surface area contributed by atoms with Crippen molar-refractivity contribution in [1.82, 2.24) is 4.90 Å². The minimum Gasteiger partial charge on any atom is -0.493 e. The second-order valence-electron chi connectivity index (χ2n) is 6.84. The lowest BCUT2D eigenvalue weighted by Crippen LogP contribution is -2.39. The number of halogens is 2. The summed E-state index contributed by atoms with van der Waals surface area (Å²) in [5.74, 6) is 0.280. The Hall–Kier alpha value is -1.95. The van der Waals surface area contributed by atoms with E-state index in [2.05, 4.69) is 4.90 Å². The number of ether oxygens (including phenoxy) is 2. The van der Waals surface area contributed by atoms with Crippen molar-refractivity contribution in [3.8, 4) is 11.5 Å². The van der Waals surface area contributed by atoms with E-state index in [0.717, 1.165) is 11.1 Å². The van der Waals surface area contributed by atoms with Crippen LogP contribution >= 0.6 is 23.2 Å². The molecule has 1 fully saturated rings. The first kappa shape index (κ1) is 20.8. The molecule has 0 radical (unpaired) electrons. The van der Waals surface area contributed by atoms with Gasteiger partial charge < -0.3 is 14.6 Å². The Bertz CT molecular complexity index is 850. The molecule has 0 aliphatic carbocycles. The van der Waals surface area contributed by atoms with Crippen LogP contribution in [0.15, 0.2) is 36.4 Å². The average molecular weight is 424 g/mol. The highest BCUT2D eigenvalue weighted by molar-refractivity contribution is 6.42. The van der Waals surface area contributed by atoms with Crippen molar-refractivity contribution in [2.24, 2.45) is 5.92 Å². The fraction of sp³-hybridized carbons (Fsp3) is 0.381. The van der Waals surface area contributed by atoms with E-state index in [4.69, 9.17) is 32.7 Å². The SMILES string of the molecule is COc1ccc(C(c2ccc(Cl)c(Cl)c2)N2CCC(C(=O)O)CC2)cc1OC. The van der Waals surface area contributed by atoms with Gasteiger partial charge in [-0.3, -0.25) is 9.69 Å². The summed E-state index contributed by atoms with van der Waals surface area (Å²) in [7, 11) is 3.21. The maximum absolute atomic E-state index is 11.3. The molecule has 150 valence electrons. The van der Waals surface area contributed by atoms with Crippen molar-refractivity contribution in [1.29, 1.82) is 0 Å². The molecule has 2 aromatic carbocycles. The molecule has 1 aliphatic rings. The van der Waals surface area contributed by atoms with Crippen molar-refractivity contribution in [3.63, 3.8) is 0 Å². The van der Waals surface area contributed by atoms with Crippen LogP contribution in [0.25, 0.3) is 0 Å². The smallest absolute Gasteiger partial charge is 0.306 e. The molecule has 5 nitrogen and oxygen atoms in total. The largest absolute Gasteiger partial charge is 0.493 e. The molecule has 7 heteroatoms. The molecule has 0 aromatic heterocycles.